The van der Waals surface area contributed by atoms with Crippen LogP contribution in [-0.2, 0) is 4.79 Å². The summed E-state index contributed by atoms with van der Waals surface area (Å²) in [6, 6.07) is 13.9. The normalized spacial score (nSPS) is 18.2. The van der Waals surface area contributed by atoms with Crippen molar-refractivity contribution in [2.75, 3.05) is 44.2 Å². The van der Waals surface area contributed by atoms with Gasteiger partial charge in [0.15, 0.2) is 0 Å². The van der Waals surface area contributed by atoms with Crippen molar-refractivity contribution >= 4 is 17.5 Å². The molecule has 0 atom stereocenters. The quantitative estimate of drug-likeness (QED) is 0.822. The first-order valence-corrected chi connectivity index (χ1v) is 10.0. The molecule has 0 spiro atoms. The number of nitrogens with zero attached hydrogens (tertiary/aromatic N) is 4. The summed E-state index contributed by atoms with van der Waals surface area (Å²) in [5.74, 6) is 0.290. The molecule has 146 valence electrons. The van der Waals surface area contributed by atoms with Crippen molar-refractivity contribution in [3.63, 3.8) is 0 Å². The van der Waals surface area contributed by atoms with Crippen LogP contribution in [0.15, 0.2) is 54.9 Å². The molecule has 28 heavy (non-hydrogen) atoms. The third kappa shape index (κ3) is 4.01. The fraction of sp³-hybridized carbons (Fsp3) is 0.409. The maximum Gasteiger partial charge on any atom is 0.255 e. The number of likely N-dealkylation sites (tertiary alicyclic amines) is 1. The second-order valence-corrected chi connectivity index (χ2v) is 7.46. The third-order valence-corrected chi connectivity index (χ3v) is 5.75. The van der Waals surface area contributed by atoms with Crippen LogP contribution < -0.4 is 4.90 Å². The SMILES string of the molecule is O=C(c1cccnc1)N1CCC(C(=O)N2CCN(c3ccccc3)CC2)CC1. The van der Waals surface area contributed by atoms with E-state index in [4.69, 9.17) is 0 Å². The van der Waals surface area contributed by atoms with Gasteiger partial charge in [0.05, 0.1) is 5.56 Å². The van der Waals surface area contributed by atoms with Gasteiger partial charge in [-0.05, 0) is 37.1 Å². The van der Waals surface area contributed by atoms with Gasteiger partial charge in [-0.1, -0.05) is 18.2 Å². The first kappa shape index (κ1) is 18.5. The Balaban J connectivity index is 1.27. The summed E-state index contributed by atoms with van der Waals surface area (Å²) in [6.07, 6.45) is 4.75. The summed E-state index contributed by atoms with van der Waals surface area (Å²) >= 11 is 0. The van der Waals surface area contributed by atoms with Crippen LogP contribution in [-0.4, -0.2) is 65.9 Å². The minimum atomic E-state index is 0.00970. The van der Waals surface area contributed by atoms with Gasteiger partial charge in [0, 0.05) is 63.3 Å². The minimum absolute atomic E-state index is 0.00970. The van der Waals surface area contributed by atoms with E-state index < -0.39 is 0 Å². The molecule has 1 aromatic carbocycles. The van der Waals surface area contributed by atoms with Crippen LogP contribution in [0, 0.1) is 5.92 Å². The van der Waals surface area contributed by atoms with E-state index in [2.05, 4.69) is 22.0 Å². The number of carbonyl (C=O) groups is 2. The van der Waals surface area contributed by atoms with E-state index in [9.17, 15) is 9.59 Å². The lowest BCUT2D eigenvalue weighted by Gasteiger charge is -2.39. The highest BCUT2D eigenvalue weighted by molar-refractivity contribution is 5.94. The van der Waals surface area contributed by atoms with Crippen LogP contribution in [0.2, 0.25) is 0 Å². The lowest BCUT2D eigenvalue weighted by molar-refractivity contribution is -0.137. The summed E-state index contributed by atoms with van der Waals surface area (Å²) in [5.41, 5.74) is 1.83. The fourth-order valence-corrected chi connectivity index (χ4v) is 4.08. The molecule has 3 heterocycles. The summed E-state index contributed by atoms with van der Waals surface area (Å²) in [6.45, 7) is 4.54. The number of amides is 2. The number of hydrogen-bond donors (Lipinski definition) is 0. The predicted octanol–water partition coefficient (Wildman–Crippen LogP) is 2.28. The van der Waals surface area contributed by atoms with Crippen molar-refractivity contribution in [3.8, 4) is 0 Å². The number of aromatic nitrogens is 1. The average molecular weight is 378 g/mol. The van der Waals surface area contributed by atoms with E-state index in [-0.39, 0.29) is 17.7 Å². The van der Waals surface area contributed by atoms with Gasteiger partial charge >= 0.3 is 0 Å². The van der Waals surface area contributed by atoms with Crippen molar-refractivity contribution in [2.24, 2.45) is 5.92 Å². The molecule has 0 radical (unpaired) electrons. The molecule has 0 unspecified atom stereocenters. The van der Waals surface area contributed by atoms with Gasteiger partial charge in [-0.15, -0.1) is 0 Å². The number of pyridine rings is 1. The Morgan fingerprint density at radius 2 is 1.54 bits per heavy atom. The number of hydrogen-bond acceptors (Lipinski definition) is 4. The number of benzene rings is 1. The van der Waals surface area contributed by atoms with Crippen LogP contribution >= 0.6 is 0 Å². The van der Waals surface area contributed by atoms with Crippen LogP contribution in [0.1, 0.15) is 23.2 Å². The van der Waals surface area contributed by atoms with E-state index in [1.54, 1.807) is 24.5 Å². The van der Waals surface area contributed by atoms with Gasteiger partial charge in [-0.2, -0.15) is 0 Å². The standard InChI is InChI=1S/C22H26N4O2/c27-21(26-15-13-24(14-16-26)20-6-2-1-3-7-20)18-8-11-25(12-9-18)22(28)19-5-4-10-23-17-19/h1-7,10,17-18H,8-9,11-16H2. The van der Waals surface area contributed by atoms with Crippen molar-refractivity contribution in [1.29, 1.82) is 0 Å². The van der Waals surface area contributed by atoms with E-state index in [1.165, 1.54) is 5.69 Å². The zero-order chi connectivity index (χ0) is 19.3. The summed E-state index contributed by atoms with van der Waals surface area (Å²) in [5, 5.41) is 0. The van der Waals surface area contributed by atoms with E-state index >= 15 is 0 Å². The number of rotatable bonds is 3. The van der Waals surface area contributed by atoms with Crippen LogP contribution in [0.5, 0.6) is 0 Å². The lowest BCUT2D eigenvalue weighted by atomic mass is 9.94. The summed E-state index contributed by atoms with van der Waals surface area (Å²) in [7, 11) is 0. The number of anilines is 1. The van der Waals surface area contributed by atoms with E-state index in [1.807, 2.05) is 28.0 Å². The van der Waals surface area contributed by atoms with Gasteiger partial charge in [0.25, 0.3) is 5.91 Å². The van der Waals surface area contributed by atoms with Crippen LogP contribution in [0.25, 0.3) is 0 Å². The monoisotopic (exact) mass is 378 g/mol. The molecule has 0 saturated carbocycles. The number of carbonyl (C=O) groups excluding carboxylic acids is 2. The zero-order valence-corrected chi connectivity index (χ0v) is 16.0. The van der Waals surface area contributed by atoms with Gasteiger partial charge in [-0.3, -0.25) is 14.6 Å². The van der Waals surface area contributed by atoms with Crippen LogP contribution in [0.3, 0.4) is 0 Å². The Labute approximate surface area is 165 Å². The minimum Gasteiger partial charge on any atom is -0.368 e. The molecule has 2 fully saturated rings. The molecule has 2 aliphatic rings. The highest BCUT2D eigenvalue weighted by Gasteiger charge is 2.32. The van der Waals surface area contributed by atoms with Crippen molar-refractivity contribution in [2.45, 2.75) is 12.8 Å². The Kier molecular flexibility index (Phi) is 5.55. The molecule has 0 N–H and O–H groups in total. The maximum atomic E-state index is 12.9. The van der Waals surface area contributed by atoms with Crippen LogP contribution in [0.4, 0.5) is 5.69 Å². The fourth-order valence-electron chi connectivity index (χ4n) is 4.08. The van der Waals surface area contributed by atoms with Gasteiger partial charge in [-0.25, -0.2) is 0 Å². The average Bonchev–Trinajstić information content (AvgIpc) is 2.79. The highest BCUT2D eigenvalue weighted by atomic mass is 16.2. The molecule has 4 rings (SSSR count). The first-order chi connectivity index (χ1) is 13.7. The van der Waals surface area contributed by atoms with Crippen molar-refractivity contribution in [1.82, 2.24) is 14.8 Å². The molecule has 6 nitrogen and oxygen atoms in total. The summed E-state index contributed by atoms with van der Waals surface area (Å²) in [4.78, 5) is 35.7. The largest absolute Gasteiger partial charge is 0.368 e. The van der Waals surface area contributed by atoms with Gasteiger partial charge in [0.2, 0.25) is 5.91 Å². The molecule has 0 bridgehead atoms. The molecule has 2 aliphatic heterocycles. The Morgan fingerprint density at radius 1 is 0.821 bits per heavy atom. The Bertz CT molecular complexity index is 796. The maximum absolute atomic E-state index is 12.9. The molecular formula is C22H26N4O2. The van der Waals surface area contributed by atoms with Crippen molar-refractivity contribution < 1.29 is 9.59 Å². The predicted molar refractivity (Wildman–Crippen MR) is 108 cm³/mol. The number of piperidine rings is 1. The second-order valence-electron chi connectivity index (χ2n) is 7.46. The third-order valence-electron chi connectivity index (χ3n) is 5.75. The van der Waals surface area contributed by atoms with E-state index in [0.29, 0.717) is 18.7 Å². The number of para-hydroxylation sites is 1. The molecule has 2 aromatic rings. The molecule has 6 heteroatoms. The molecular weight excluding hydrogens is 352 g/mol. The Hall–Kier alpha value is -2.89. The Morgan fingerprint density at radius 3 is 2.18 bits per heavy atom. The number of piperazine rings is 1. The molecule has 2 saturated heterocycles. The summed E-state index contributed by atoms with van der Waals surface area (Å²) < 4.78 is 0. The van der Waals surface area contributed by atoms with Gasteiger partial charge in [0.1, 0.15) is 0 Å². The molecule has 2 amide bonds. The molecule has 0 aliphatic carbocycles. The van der Waals surface area contributed by atoms with E-state index in [0.717, 1.165) is 39.0 Å². The topological polar surface area (TPSA) is 56.8 Å². The van der Waals surface area contributed by atoms with Gasteiger partial charge < -0.3 is 14.7 Å². The molecule has 1 aromatic heterocycles. The lowest BCUT2D eigenvalue weighted by Crippen LogP contribution is -2.52. The van der Waals surface area contributed by atoms with Crippen molar-refractivity contribution in [3.05, 3.63) is 60.4 Å². The highest BCUT2D eigenvalue weighted by Crippen LogP contribution is 2.23. The smallest absolute Gasteiger partial charge is 0.255 e. The second kappa shape index (κ2) is 8.42. The first-order valence-electron chi connectivity index (χ1n) is 10.0. The zero-order valence-electron chi connectivity index (χ0n) is 16.0.